The fourth-order valence-electron chi connectivity index (χ4n) is 3.29. The van der Waals surface area contributed by atoms with Crippen molar-refractivity contribution in [1.29, 1.82) is 0 Å². The third kappa shape index (κ3) is 5.88. The maximum absolute atomic E-state index is 12.8. The molecule has 1 aliphatic rings. The van der Waals surface area contributed by atoms with Crippen LogP contribution in [0, 0.1) is 0 Å². The zero-order valence-corrected chi connectivity index (χ0v) is 19.2. The van der Waals surface area contributed by atoms with Crippen molar-refractivity contribution in [2.45, 2.75) is 13.0 Å². The molecule has 0 saturated carbocycles. The van der Waals surface area contributed by atoms with E-state index in [1.54, 1.807) is 17.0 Å². The molecule has 0 spiro atoms. The van der Waals surface area contributed by atoms with Gasteiger partial charge < -0.3 is 14.6 Å². The molecule has 1 saturated heterocycles. The van der Waals surface area contributed by atoms with Crippen LogP contribution in [0.3, 0.4) is 0 Å². The maximum Gasteiger partial charge on any atom is 0.266 e. The smallest absolute Gasteiger partial charge is 0.266 e. The van der Waals surface area contributed by atoms with Crippen LogP contribution in [0.25, 0.3) is 6.08 Å². The largest absolute Gasteiger partial charge is 0.545 e. The molecule has 0 unspecified atom stereocenters. The van der Waals surface area contributed by atoms with Crippen molar-refractivity contribution in [3.63, 3.8) is 0 Å². The van der Waals surface area contributed by atoms with Gasteiger partial charge in [0.1, 0.15) is 16.7 Å². The minimum Gasteiger partial charge on any atom is -0.545 e. The predicted molar refractivity (Wildman–Crippen MR) is 132 cm³/mol. The molecule has 1 fully saturated rings. The van der Waals surface area contributed by atoms with Crippen molar-refractivity contribution >= 4 is 46.3 Å². The number of aromatic carboxylic acids is 1. The molecule has 3 aromatic carbocycles. The zero-order chi connectivity index (χ0) is 23.2. The molecule has 1 heterocycles. The maximum atomic E-state index is 12.8. The number of hydrogen-bond acceptors (Lipinski definition) is 6. The van der Waals surface area contributed by atoms with Crippen LogP contribution in [0.1, 0.15) is 27.0 Å². The van der Waals surface area contributed by atoms with Gasteiger partial charge in [-0.3, -0.25) is 9.69 Å². The first-order valence-corrected chi connectivity index (χ1v) is 11.5. The number of thioether (sulfide) groups is 1. The molecular weight excluding hydrogens is 454 g/mol. The lowest BCUT2D eigenvalue weighted by Crippen LogP contribution is -2.30. The second kappa shape index (κ2) is 10.5. The average molecular weight is 475 g/mol. The number of carboxylic acids is 1. The fourth-order valence-corrected chi connectivity index (χ4v) is 4.60. The molecule has 5 nitrogen and oxygen atoms in total. The highest BCUT2D eigenvalue weighted by Crippen LogP contribution is 2.33. The lowest BCUT2D eigenvalue weighted by Gasteiger charge is -2.14. The number of carbonyl (C=O) groups excluding carboxylic acids is 2. The van der Waals surface area contributed by atoms with E-state index < -0.39 is 5.97 Å². The van der Waals surface area contributed by atoms with Gasteiger partial charge in [0.15, 0.2) is 0 Å². The number of hydrogen-bond donors (Lipinski definition) is 0. The standard InChI is InChI=1S/C26H21NO4S2/c28-24-23(33-26(32)27(24)15-14-18-4-2-1-3-5-18)16-19-8-12-22(13-9-19)31-17-20-6-10-21(11-7-20)25(29)30/h1-13,16H,14-15,17H2,(H,29,30)/p-1/b23-16-. The molecule has 0 N–H and O–H groups in total. The molecule has 166 valence electrons. The van der Waals surface area contributed by atoms with Gasteiger partial charge in [0.05, 0.1) is 10.9 Å². The third-order valence-electron chi connectivity index (χ3n) is 5.11. The van der Waals surface area contributed by atoms with Crippen LogP contribution in [0.4, 0.5) is 0 Å². The monoisotopic (exact) mass is 474 g/mol. The minimum absolute atomic E-state index is 0.0683. The highest BCUT2D eigenvalue weighted by atomic mass is 32.2. The first kappa shape index (κ1) is 22.8. The van der Waals surface area contributed by atoms with Crippen molar-refractivity contribution in [2.75, 3.05) is 6.54 Å². The second-order valence-electron chi connectivity index (χ2n) is 7.41. The van der Waals surface area contributed by atoms with E-state index in [0.717, 1.165) is 17.5 Å². The van der Waals surface area contributed by atoms with Gasteiger partial charge in [-0.05, 0) is 46.9 Å². The van der Waals surface area contributed by atoms with Crippen LogP contribution < -0.4 is 9.84 Å². The number of carbonyl (C=O) groups is 2. The van der Waals surface area contributed by atoms with E-state index in [1.807, 2.05) is 60.7 Å². The van der Waals surface area contributed by atoms with Crippen LogP contribution in [0.2, 0.25) is 0 Å². The Kier molecular flexibility index (Phi) is 7.22. The van der Waals surface area contributed by atoms with Crippen LogP contribution in [0.5, 0.6) is 5.75 Å². The number of rotatable bonds is 8. The Morgan fingerprint density at radius 2 is 1.67 bits per heavy atom. The lowest BCUT2D eigenvalue weighted by atomic mass is 10.1. The van der Waals surface area contributed by atoms with Gasteiger partial charge in [-0.25, -0.2) is 0 Å². The molecule has 3 aromatic rings. The molecule has 0 radical (unpaired) electrons. The normalized spacial score (nSPS) is 14.7. The summed E-state index contributed by atoms with van der Waals surface area (Å²) >= 11 is 6.74. The number of benzene rings is 3. The van der Waals surface area contributed by atoms with Crippen molar-refractivity contribution in [1.82, 2.24) is 4.90 Å². The molecule has 33 heavy (non-hydrogen) atoms. The Balaban J connectivity index is 1.34. The number of carboxylic acid groups (broad SMARTS) is 1. The van der Waals surface area contributed by atoms with Crippen LogP contribution in [-0.4, -0.2) is 27.6 Å². The van der Waals surface area contributed by atoms with E-state index in [2.05, 4.69) is 0 Å². The topological polar surface area (TPSA) is 69.7 Å². The minimum atomic E-state index is -1.20. The summed E-state index contributed by atoms with van der Waals surface area (Å²) < 4.78 is 6.34. The molecule has 1 amide bonds. The summed E-state index contributed by atoms with van der Waals surface area (Å²) in [6.07, 6.45) is 2.59. The summed E-state index contributed by atoms with van der Waals surface area (Å²) in [5.41, 5.74) is 3.03. The molecule has 0 aromatic heterocycles. The van der Waals surface area contributed by atoms with Crippen molar-refractivity contribution in [2.24, 2.45) is 0 Å². The fraction of sp³-hybridized carbons (Fsp3) is 0.115. The SMILES string of the molecule is O=C([O-])c1ccc(COc2ccc(/C=C3\SC(=S)N(CCc4ccccc4)C3=O)cc2)cc1. The quantitative estimate of drug-likeness (QED) is 0.362. The first-order chi connectivity index (χ1) is 16.0. The number of thiocarbonyl (C=S) groups is 1. The van der Waals surface area contributed by atoms with Crippen LogP contribution >= 0.6 is 24.0 Å². The average Bonchev–Trinajstić information content (AvgIpc) is 3.10. The number of nitrogens with zero attached hydrogens (tertiary/aromatic N) is 1. The molecular formula is C26H20NO4S2-. The molecule has 0 aliphatic carbocycles. The first-order valence-electron chi connectivity index (χ1n) is 10.3. The molecule has 1 aliphatic heterocycles. The molecule has 0 bridgehead atoms. The van der Waals surface area contributed by atoms with Crippen LogP contribution in [-0.2, 0) is 17.8 Å². The van der Waals surface area contributed by atoms with Gasteiger partial charge in [0.2, 0.25) is 0 Å². The van der Waals surface area contributed by atoms with Gasteiger partial charge >= 0.3 is 0 Å². The predicted octanol–water partition coefficient (Wildman–Crippen LogP) is 4.07. The summed E-state index contributed by atoms with van der Waals surface area (Å²) in [7, 11) is 0. The highest BCUT2D eigenvalue weighted by molar-refractivity contribution is 8.26. The summed E-state index contributed by atoms with van der Waals surface area (Å²) in [6, 6.07) is 23.8. The molecule has 7 heteroatoms. The lowest BCUT2D eigenvalue weighted by molar-refractivity contribution is -0.255. The van der Waals surface area contributed by atoms with E-state index >= 15 is 0 Å². The highest BCUT2D eigenvalue weighted by Gasteiger charge is 2.31. The van der Waals surface area contributed by atoms with Gasteiger partial charge in [0, 0.05) is 6.54 Å². The van der Waals surface area contributed by atoms with E-state index in [-0.39, 0.29) is 11.5 Å². The Bertz CT molecular complexity index is 1190. The Hall–Kier alpha value is -3.42. The van der Waals surface area contributed by atoms with Crippen molar-refractivity contribution in [3.8, 4) is 5.75 Å². The Morgan fingerprint density at radius 1 is 0.970 bits per heavy atom. The van der Waals surface area contributed by atoms with Crippen LogP contribution in [0.15, 0.2) is 83.8 Å². The van der Waals surface area contributed by atoms with Gasteiger partial charge in [-0.15, -0.1) is 0 Å². The van der Waals surface area contributed by atoms with Gasteiger partial charge in [-0.1, -0.05) is 90.7 Å². The third-order valence-corrected chi connectivity index (χ3v) is 6.49. The summed E-state index contributed by atoms with van der Waals surface area (Å²) in [5.74, 6) is -0.598. The van der Waals surface area contributed by atoms with Crippen molar-refractivity contribution < 1.29 is 19.4 Å². The summed E-state index contributed by atoms with van der Waals surface area (Å²) in [6.45, 7) is 0.871. The summed E-state index contributed by atoms with van der Waals surface area (Å²) in [5, 5.41) is 10.8. The van der Waals surface area contributed by atoms with Crippen molar-refractivity contribution in [3.05, 3.63) is 106 Å². The number of amides is 1. The number of ether oxygens (including phenoxy) is 1. The Labute approximate surface area is 201 Å². The van der Waals surface area contributed by atoms with E-state index in [9.17, 15) is 14.7 Å². The molecule has 0 atom stereocenters. The van der Waals surface area contributed by atoms with E-state index in [0.29, 0.717) is 28.1 Å². The van der Waals surface area contributed by atoms with E-state index in [4.69, 9.17) is 17.0 Å². The van der Waals surface area contributed by atoms with E-state index in [1.165, 1.54) is 29.5 Å². The zero-order valence-electron chi connectivity index (χ0n) is 17.6. The van der Waals surface area contributed by atoms with Gasteiger partial charge in [0.25, 0.3) is 5.91 Å². The Morgan fingerprint density at radius 3 is 2.33 bits per heavy atom. The van der Waals surface area contributed by atoms with Gasteiger partial charge in [-0.2, -0.15) is 0 Å². The second-order valence-corrected chi connectivity index (χ2v) is 9.09. The summed E-state index contributed by atoms with van der Waals surface area (Å²) in [4.78, 5) is 25.9. The molecule has 4 rings (SSSR count).